The minimum absolute atomic E-state index is 0.0807. The predicted octanol–water partition coefficient (Wildman–Crippen LogP) is 13.6. The van der Waals surface area contributed by atoms with Crippen molar-refractivity contribution in [1.29, 1.82) is 0 Å². The zero-order valence-corrected chi connectivity index (χ0v) is 41.9. The molecule has 7 nitrogen and oxygen atoms in total. The average Bonchev–Trinajstić information content (AvgIpc) is 4.04. The maximum absolute atomic E-state index is 10.9. The van der Waals surface area contributed by atoms with Gasteiger partial charge in [0.2, 0.25) is 0 Å². The Morgan fingerprint density at radius 3 is 1.02 bits per heavy atom. The number of hydrogen-bond acceptors (Lipinski definition) is 7. The third kappa shape index (κ3) is 10.7. The molecule has 0 amide bonds. The summed E-state index contributed by atoms with van der Waals surface area (Å²) < 4.78 is 41.7. The minimum Gasteiger partial charge on any atom is -0.488 e. The molecule has 6 rings (SSSR count). The smallest absolute Gasteiger partial charge is 0.266 e. The Hall–Kier alpha value is -0.200. The Bertz CT molecular complexity index is 1760. The fraction of sp³-hybridized carbons (Fsp3) is 0.385. The summed E-state index contributed by atoms with van der Waals surface area (Å²) in [5.41, 5.74) is 4.41. The fourth-order valence-electron chi connectivity index (χ4n) is 6.09. The zero-order valence-electron chi connectivity index (χ0n) is 29.2. The predicted molar refractivity (Wildman–Crippen MR) is 239 cm³/mol. The molecule has 2 heterocycles. The molecule has 290 valence electrons. The van der Waals surface area contributed by atoms with E-state index in [1.54, 1.807) is 6.92 Å². The number of hydrogen-bond donors (Lipinski definition) is 1. The lowest BCUT2D eigenvalue weighted by Crippen LogP contribution is -2.35. The molecule has 54 heavy (non-hydrogen) atoms. The number of benzene rings is 4. The van der Waals surface area contributed by atoms with Crippen LogP contribution in [0.2, 0.25) is 0 Å². The first-order valence-electron chi connectivity index (χ1n) is 17.2. The summed E-state index contributed by atoms with van der Waals surface area (Å²) in [6, 6.07) is 16.6. The molecule has 2 fully saturated rings. The van der Waals surface area contributed by atoms with Crippen molar-refractivity contribution in [3.05, 3.63) is 107 Å². The molecule has 0 aromatic heterocycles. The van der Waals surface area contributed by atoms with Gasteiger partial charge in [-0.1, -0.05) is 13.8 Å². The molecule has 5 atom stereocenters. The largest absolute Gasteiger partial charge is 0.488 e. The van der Waals surface area contributed by atoms with Crippen LogP contribution in [0, 0.1) is 0 Å². The maximum atomic E-state index is 10.9. The summed E-state index contributed by atoms with van der Waals surface area (Å²) in [4.78, 5) is 0. The van der Waals surface area contributed by atoms with E-state index < -0.39 is 12.4 Å². The van der Waals surface area contributed by atoms with Crippen molar-refractivity contribution < 1.29 is 33.5 Å². The van der Waals surface area contributed by atoms with E-state index in [-0.39, 0.29) is 24.0 Å². The highest BCUT2D eigenvalue weighted by atomic mass is 79.9. The summed E-state index contributed by atoms with van der Waals surface area (Å²) in [6.07, 6.45) is 0.0313. The molecule has 0 bridgehead atoms. The van der Waals surface area contributed by atoms with E-state index in [0.717, 1.165) is 95.6 Å². The van der Waals surface area contributed by atoms with Crippen LogP contribution in [0.5, 0.6) is 23.0 Å². The van der Waals surface area contributed by atoms with Crippen LogP contribution in [0.3, 0.4) is 0 Å². The first kappa shape index (κ1) is 43.4. The lowest BCUT2D eigenvalue weighted by molar-refractivity contribution is -0.0792. The molecule has 0 spiro atoms. The second-order valence-electron chi connectivity index (χ2n) is 13.1. The van der Waals surface area contributed by atoms with Crippen LogP contribution in [0.4, 0.5) is 0 Å². The highest BCUT2D eigenvalue weighted by molar-refractivity contribution is 9.12. The molecule has 4 aromatic rings. The quantitative estimate of drug-likeness (QED) is 0.0833. The molecule has 0 aliphatic carbocycles. The molecular weight excluding hydrogens is 1220 g/mol. The highest BCUT2D eigenvalue weighted by Crippen LogP contribution is 2.46. The van der Waals surface area contributed by atoms with E-state index in [1.165, 1.54) is 0 Å². The van der Waals surface area contributed by atoms with Gasteiger partial charge in [0, 0.05) is 11.8 Å². The molecule has 1 N–H and O–H groups in total. The Kier molecular flexibility index (Phi) is 15.5. The Balaban J connectivity index is 1.20. The van der Waals surface area contributed by atoms with Gasteiger partial charge < -0.3 is 33.5 Å². The second kappa shape index (κ2) is 19.2. The Labute approximate surface area is 382 Å². The van der Waals surface area contributed by atoms with Crippen LogP contribution in [-0.2, 0) is 9.47 Å². The normalized spacial score (nSPS) is 18.4. The van der Waals surface area contributed by atoms with Gasteiger partial charge in [0.1, 0.15) is 43.0 Å². The van der Waals surface area contributed by atoms with Gasteiger partial charge in [0.25, 0.3) is 6.29 Å². The van der Waals surface area contributed by atoms with Gasteiger partial charge in [-0.2, -0.15) is 0 Å². The fourth-order valence-corrected chi connectivity index (χ4v) is 11.8. The van der Waals surface area contributed by atoms with Crippen LogP contribution in [0.1, 0.15) is 67.7 Å². The lowest BCUT2D eigenvalue weighted by Gasteiger charge is -2.27. The van der Waals surface area contributed by atoms with Gasteiger partial charge in [-0.3, -0.25) is 0 Å². The number of aliphatic hydroxyl groups is 1. The van der Waals surface area contributed by atoms with Gasteiger partial charge in [0.05, 0.1) is 49.0 Å². The Morgan fingerprint density at radius 2 is 0.796 bits per heavy atom. The molecular formula is C39H36Br8O7. The molecule has 0 radical (unpaired) electrons. The molecule has 2 saturated heterocycles. The maximum Gasteiger partial charge on any atom is 0.266 e. The summed E-state index contributed by atoms with van der Waals surface area (Å²) in [6.45, 7) is 8.46. The number of aliphatic hydroxyl groups excluding tert-OH is 1. The third-order valence-corrected chi connectivity index (χ3v) is 13.7. The summed E-state index contributed by atoms with van der Waals surface area (Å²) >= 11 is 29.8. The van der Waals surface area contributed by atoms with Gasteiger partial charge in [-0.15, -0.1) is 0 Å². The van der Waals surface area contributed by atoms with Crippen molar-refractivity contribution in [1.82, 2.24) is 0 Å². The number of rotatable bonds is 17. The van der Waals surface area contributed by atoms with E-state index in [2.05, 4.69) is 166 Å². The van der Waals surface area contributed by atoms with E-state index >= 15 is 0 Å². The molecule has 2 aliphatic rings. The lowest BCUT2D eigenvalue weighted by atomic mass is 9.89. The summed E-state index contributed by atoms with van der Waals surface area (Å²) in [5, 5.41) is 10.9. The van der Waals surface area contributed by atoms with Crippen molar-refractivity contribution in [2.75, 3.05) is 26.4 Å². The van der Waals surface area contributed by atoms with Gasteiger partial charge in [-0.25, -0.2) is 0 Å². The van der Waals surface area contributed by atoms with Crippen LogP contribution in [0.15, 0.2) is 84.3 Å². The molecule has 5 unspecified atom stereocenters. The van der Waals surface area contributed by atoms with E-state index in [0.29, 0.717) is 24.7 Å². The van der Waals surface area contributed by atoms with Crippen LogP contribution >= 0.6 is 127 Å². The van der Waals surface area contributed by atoms with E-state index in [4.69, 9.17) is 28.4 Å². The van der Waals surface area contributed by atoms with Crippen LogP contribution < -0.4 is 18.9 Å². The van der Waals surface area contributed by atoms with Crippen molar-refractivity contribution >= 4 is 127 Å². The van der Waals surface area contributed by atoms with Gasteiger partial charge in [-0.05, 0) is 218 Å². The third-order valence-electron chi connectivity index (χ3n) is 9.00. The van der Waals surface area contributed by atoms with Crippen LogP contribution in [-0.4, -0.2) is 56.1 Å². The molecule has 4 aromatic carbocycles. The summed E-state index contributed by atoms with van der Waals surface area (Å²) in [5.74, 6) is 2.70. The summed E-state index contributed by atoms with van der Waals surface area (Å²) in [7, 11) is 0. The number of epoxide rings is 2. The van der Waals surface area contributed by atoms with Crippen LogP contribution in [0.25, 0.3) is 0 Å². The average molecular weight is 1260 g/mol. The first-order chi connectivity index (χ1) is 25.8. The number of ether oxygens (including phenoxy) is 6. The molecule has 2 aliphatic heterocycles. The molecule has 0 saturated carbocycles. The standard InChI is InChI=1S/C39H36Br8O7/c1-4-25(19-6-27(40)35(28(41)7-19)51-16-23-14-49-23)21-10-31(44)37(32(45)11-21)53-39(18(3)48)54-38-33(46)12-22(13-34(38)47)26(5-2)20-8-29(42)36(30(43)9-20)52-17-24-15-50-24/h6-13,18,23-26,39,48H,4-5,14-17H2,1-3H3. The first-order valence-corrected chi connectivity index (χ1v) is 23.6. The second-order valence-corrected chi connectivity index (χ2v) is 19.9. The Morgan fingerprint density at radius 1 is 0.537 bits per heavy atom. The SMILES string of the molecule is CCC(c1cc(Br)c(OCC2CO2)c(Br)c1)c1cc(Br)c(OC(Oc2c(Br)cc(C(CC)c3cc(Br)c(OCC4CO4)c(Br)c3)cc2Br)C(C)O)c(Br)c1. The van der Waals surface area contributed by atoms with E-state index in [1.807, 2.05) is 24.3 Å². The zero-order chi connectivity index (χ0) is 38.8. The topological polar surface area (TPSA) is 82.2 Å². The van der Waals surface area contributed by atoms with Crippen molar-refractivity contribution in [3.8, 4) is 23.0 Å². The molecule has 15 heteroatoms. The van der Waals surface area contributed by atoms with Crippen molar-refractivity contribution in [2.24, 2.45) is 0 Å². The van der Waals surface area contributed by atoms with Gasteiger partial charge >= 0.3 is 0 Å². The monoisotopic (exact) mass is 1250 g/mol. The van der Waals surface area contributed by atoms with E-state index in [9.17, 15) is 5.11 Å². The van der Waals surface area contributed by atoms with Gasteiger partial charge in [0.15, 0.2) is 11.5 Å². The minimum atomic E-state index is -1.04. The number of halogens is 8. The van der Waals surface area contributed by atoms with Crippen molar-refractivity contribution in [2.45, 2.75) is 70.1 Å². The van der Waals surface area contributed by atoms with Crippen molar-refractivity contribution in [3.63, 3.8) is 0 Å². The highest BCUT2D eigenvalue weighted by Gasteiger charge is 2.29.